The van der Waals surface area contributed by atoms with E-state index in [1.807, 2.05) is 30.3 Å². The predicted octanol–water partition coefficient (Wildman–Crippen LogP) is 4.44. The normalized spacial score (nSPS) is 13.5. The van der Waals surface area contributed by atoms with E-state index in [-0.39, 0.29) is 0 Å². The minimum Gasteiger partial charge on any atom is -0.479 e. The molecule has 4 nitrogen and oxygen atoms in total. The van der Waals surface area contributed by atoms with Crippen LogP contribution in [0.1, 0.15) is 65.2 Å². The number of carboxylic acids is 1. The Balaban J connectivity index is 3.21. The van der Waals surface area contributed by atoms with Crippen molar-refractivity contribution < 1.29 is 9.90 Å². The largest absolute Gasteiger partial charge is 0.479 e. The summed E-state index contributed by atoms with van der Waals surface area (Å²) in [5.74, 6) is -0.701. The van der Waals surface area contributed by atoms with Gasteiger partial charge in [-0.05, 0) is 50.8 Å². The van der Waals surface area contributed by atoms with Crippen LogP contribution in [0.15, 0.2) is 30.3 Å². The van der Waals surface area contributed by atoms with Crippen molar-refractivity contribution in [3.63, 3.8) is 0 Å². The van der Waals surface area contributed by atoms with Crippen molar-refractivity contribution >= 4 is 11.7 Å². The first-order valence-corrected chi connectivity index (χ1v) is 9.38. The standard InChI is InChI=1S/C20H34N2O2/c1-3-5-14-20(19(23)24,15-10-11-16-21)22(17-6-4-2)18-12-8-7-9-13-18/h7-9,12-13H,3-6,10-11,14-17,21H2,1-2H3,(H,23,24)/t20-/m0/s1. The Morgan fingerprint density at radius 2 is 1.67 bits per heavy atom. The number of rotatable bonds is 13. The molecule has 0 radical (unpaired) electrons. The Hall–Kier alpha value is -1.55. The fourth-order valence-electron chi connectivity index (χ4n) is 3.27. The lowest BCUT2D eigenvalue weighted by molar-refractivity contribution is -0.144. The fourth-order valence-corrected chi connectivity index (χ4v) is 3.27. The van der Waals surface area contributed by atoms with Gasteiger partial charge in [0.2, 0.25) is 0 Å². The summed E-state index contributed by atoms with van der Waals surface area (Å²) in [6, 6.07) is 10.0. The molecule has 0 aliphatic carbocycles. The second-order valence-electron chi connectivity index (χ2n) is 6.53. The first-order chi connectivity index (χ1) is 11.6. The average molecular weight is 335 g/mol. The number of aliphatic carboxylic acids is 1. The van der Waals surface area contributed by atoms with Crippen LogP contribution in [-0.4, -0.2) is 29.7 Å². The highest BCUT2D eigenvalue weighted by Crippen LogP contribution is 2.34. The van der Waals surface area contributed by atoms with Gasteiger partial charge in [0, 0.05) is 12.2 Å². The molecule has 1 aromatic carbocycles. The number of hydrogen-bond donors (Lipinski definition) is 2. The second kappa shape index (κ2) is 11.1. The van der Waals surface area contributed by atoms with Gasteiger partial charge in [0.25, 0.3) is 0 Å². The summed E-state index contributed by atoms with van der Waals surface area (Å²) in [6.07, 6.45) is 7.02. The van der Waals surface area contributed by atoms with Crippen molar-refractivity contribution in [2.75, 3.05) is 18.0 Å². The summed E-state index contributed by atoms with van der Waals surface area (Å²) in [7, 11) is 0. The highest BCUT2D eigenvalue weighted by molar-refractivity contribution is 5.83. The maximum atomic E-state index is 12.4. The van der Waals surface area contributed by atoms with Crippen LogP contribution >= 0.6 is 0 Å². The first-order valence-electron chi connectivity index (χ1n) is 9.38. The fraction of sp³-hybridized carbons (Fsp3) is 0.650. The third-order valence-corrected chi connectivity index (χ3v) is 4.71. The van der Waals surface area contributed by atoms with Crippen molar-refractivity contribution in [2.45, 2.75) is 70.8 Å². The molecule has 0 unspecified atom stereocenters. The highest BCUT2D eigenvalue weighted by Gasteiger charge is 2.43. The van der Waals surface area contributed by atoms with E-state index in [1.165, 1.54) is 0 Å². The summed E-state index contributed by atoms with van der Waals surface area (Å²) in [4.78, 5) is 14.6. The molecular formula is C20H34N2O2. The van der Waals surface area contributed by atoms with Gasteiger partial charge in [-0.25, -0.2) is 4.79 Å². The number of anilines is 1. The molecule has 1 aromatic rings. The molecule has 0 bridgehead atoms. The SMILES string of the molecule is CCCCN(c1ccccc1)[C@@](CCCC)(CCCCN)C(=O)O. The summed E-state index contributed by atoms with van der Waals surface area (Å²) in [5.41, 5.74) is 5.82. The molecule has 0 aliphatic heterocycles. The zero-order chi connectivity index (χ0) is 17.8. The van der Waals surface area contributed by atoms with Gasteiger partial charge in [-0.2, -0.15) is 0 Å². The molecule has 3 N–H and O–H groups in total. The van der Waals surface area contributed by atoms with E-state index in [9.17, 15) is 9.90 Å². The van der Waals surface area contributed by atoms with Gasteiger partial charge in [-0.15, -0.1) is 0 Å². The molecule has 0 aromatic heterocycles. The van der Waals surface area contributed by atoms with Gasteiger partial charge in [0.15, 0.2) is 0 Å². The van der Waals surface area contributed by atoms with Crippen molar-refractivity contribution in [2.24, 2.45) is 5.73 Å². The zero-order valence-electron chi connectivity index (χ0n) is 15.3. The quantitative estimate of drug-likeness (QED) is 0.524. The van der Waals surface area contributed by atoms with Crippen LogP contribution < -0.4 is 10.6 Å². The predicted molar refractivity (Wildman–Crippen MR) is 101 cm³/mol. The van der Waals surface area contributed by atoms with E-state index in [2.05, 4.69) is 18.7 Å². The number of unbranched alkanes of at least 4 members (excludes halogenated alkanes) is 3. The molecule has 136 valence electrons. The van der Waals surface area contributed by atoms with Crippen molar-refractivity contribution in [1.29, 1.82) is 0 Å². The summed E-state index contributed by atoms with van der Waals surface area (Å²) < 4.78 is 0. The lowest BCUT2D eigenvalue weighted by Gasteiger charge is -2.43. The molecule has 0 saturated carbocycles. The molecule has 0 heterocycles. The van der Waals surface area contributed by atoms with Crippen LogP contribution in [0.2, 0.25) is 0 Å². The molecule has 1 rings (SSSR count). The summed E-state index contributed by atoms with van der Waals surface area (Å²) >= 11 is 0. The molecule has 0 spiro atoms. The third kappa shape index (κ3) is 5.52. The van der Waals surface area contributed by atoms with E-state index in [0.717, 1.165) is 50.8 Å². The number of benzene rings is 1. The van der Waals surface area contributed by atoms with Gasteiger partial charge in [0.05, 0.1) is 0 Å². The number of para-hydroxylation sites is 1. The van der Waals surface area contributed by atoms with E-state index in [4.69, 9.17) is 5.73 Å². The van der Waals surface area contributed by atoms with Crippen LogP contribution in [0.5, 0.6) is 0 Å². The van der Waals surface area contributed by atoms with Gasteiger partial charge < -0.3 is 15.7 Å². The van der Waals surface area contributed by atoms with E-state index in [0.29, 0.717) is 19.4 Å². The Labute approximate surface area is 147 Å². The van der Waals surface area contributed by atoms with Crippen LogP contribution in [-0.2, 0) is 4.79 Å². The number of carbonyl (C=O) groups is 1. The maximum Gasteiger partial charge on any atom is 0.329 e. The van der Waals surface area contributed by atoms with Gasteiger partial charge in [0.1, 0.15) is 5.54 Å². The Bertz CT molecular complexity index is 464. The van der Waals surface area contributed by atoms with Crippen molar-refractivity contribution in [3.8, 4) is 0 Å². The lowest BCUT2D eigenvalue weighted by Crippen LogP contribution is -2.55. The lowest BCUT2D eigenvalue weighted by atomic mass is 9.84. The molecule has 0 fully saturated rings. The minimum atomic E-state index is -0.832. The monoisotopic (exact) mass is 334 g/mol. The second-order valence-corrected chi connectivity index (χ2v) is 6.53. The first kappa shape index (κ1) is 20.5. The Kier molecular flexibility index (Phi) is 9.46. The topological polar surface area (TPSA) is 66.6 Å². The zero-order valence-corrected chi connectivity index (χ0v) is 15.3. The van der Waals surface area contributed by atoms with Crippen LogP contribution in [0.25, 0.3) is 0 Å². The number of nitrogens with zero attached hydrogens (tertiary/aromatic N) is 1. The third-order valence-electron chi connectivity index (χ3n) is 4.71. The molecule has 4 heteroatoms. The van der Waals surface area contributed by atoms with Gasteiger partial charge in [-0.1, -0.05) is 51.3 Å². The van der Waals surface area contributed by atoms with Crippen molar-refractivity contribution in [1.82, 2.24) is 0 Å². The summed E-state index contributed by atoms with van der Waals surface area (Å²) in [6.45, 7) is 5.65. The van der Waals surface area contributed by atoms with Crippen LogP contribution in [0.4, 0.5) is 5.69 Å². The average Bonchev–Trinajstić information content (AvgIpc) is 2.60. The van der Waals surface area contributed by atoms with Gasteiger partial charge >= 0.3 is 5.97 Å². The van der Waals surface area contributed by atoms with Crippen molar-refractivity contribution in [3.05, 3.63) is 30.3 Å². The van der Waals surface area contributed by atoms with Gasteiger partial charge in [-0.3, -0.25) is 0 Å². The number of nitrogens with two attached hydrogens (primary N) is 1. The van der Waals surface area contributed by atoms with Crippen LogP contribution in [0.3, 0.4) is 0 Å². The number of carboxylic acid groups (broad SMARTS) is 1. The Morgan fingerprint density at radius 3 is 2.21 bits per heavy atom. The minimum absolute atomic E-state index is 0.615. The molecule has 0 amide bonds. The molecule has 0 saturated heterocycles. The smallest absolute Gasteiger partial charge is 0.329 e. The number of hydrogen-bond acceptors (Lipinski definition) is 3. The molecular weight excluding hydrogens is 300 g/mol. The van der Waals surface area contributed by atoms with E-state index >= 15 is 0 Å². The molecule has 1 atom stereocenters. The van der Waals surface area contributed by atoms with E-state index < -0.39 is 11.5 Å². The van der Waals surface area contributed by atoms with Crippen LogP contribution in [0, 0.1) is 0 Å². The molecule has 0 aliphatic rings. The van der Waals surface area contributed by atoms with E-state index in [1.54, 1.807) is 0 Å². The maximum absolute atomic E-state index is 12.4. The summed E-state index contributed by atoms with van der Waals surface area (Å²) in [5, 5.41) is 10.2. The Morgan fingerprint density at radius 1 is 1.04 bits per heavy atom. The molecule has 24 heavy (non-hydrogen) atoms. The highest BCUT2D eigenvalue weighted by atomic mass is 16.4.